The molecule has 0 fully saturated rings. The molecule has 0 radical (unpaired) electrons. The van der Waals surface area contributed by atoms with Crippen LogP contribution in [0.2, 0.25) is 5.02 Å². The lowest BCUT2D eigenvalue weighted by atomic mass is 10.2. The van der Waals surface area contributed by atoms with Crippen molar-refractivity contribution < 1.29 is 9.53 Å². The highest BCUT2D eigenvalue weighted by Gasteiger charge is 2.17. The van der Waals surface area contributed by atoms with Crippen LogP contribution in [0, 0.1) is 6.92 Å². The molecule has 0 unspecified atom stereocenters. The third kappa shape index (κ3) is 6.30. The molecule has 1 aromatic heterocycles. The molecule has 35 heavy (non-hydrogen) atoms. The van der Waals surface area contributed by atoms with Crippen molar-refractivity contribution in [3.8, 4) is 22.8 Å². The Bertz CT molecular complexity index is 1360. The Labute approximate surface area is 220 Å². The van der Waals surface area contributed by atoms with Crippen molar-refractivity contribution >= 4 is 51.4 Å². The maximum absolute atomic E-state index is 12.5. The molecule has 1 N–H and O–H groups in total. The summed E-state index contributed by atoms with van der Waals surface area (Å²) in [7, 11) is 1.58. The van der Waals surface area contributed by atoms with Crippen LogP contribution in [0.4, 0.5) is 0 Å². The van der Waals surface area contributed by atoms with Crippen molar-refractivity contribution in [3.63, 3.8) is 0 Å². The zero-order chi connectivity index (χ0) is 24.8. The molecule has 0 atom stereocenters. The molecule has 4 rings (SSSR count). The largest absolute Gasteiger partial charge is 0.496 e. The topological polar surface area (TPSA) is 81.4 Å². The predicted molar refractivity (Wildman–Crippen MR) is 144 cm³/mol. The normalized spacial score (nSPS) is 11.1. The fourth-order valence-corrected chi connectivity index (χ4v) is 4.47. The predicted octanol–water partition coefficient (Wildman–Crippen LogP) is 5.91. The highest BCUT2D eigenvalue weighted by Crippen LogP contribution is 2.29. The second kappa shape index (κ2) is 11.5. The third-order valence-corrected chi connectivity index (χ3v) is 6.62. The first-order chi connectivity index (χ1) is 16.9. The molecule has 1 amide bonds. The molecule has 10 heteroatoms. The summed E-state index contributed by atoms with van der Waals surface area (Å²) in [4.78, 5) is 12.5. The number of aryl methyl sites for hydroxylation is 1. The molecule has 0 aliphatic rings. The van der Waals surface area contributed by atoms with E-state index in [1.165, 1.54) is 11.8 Å². The molecule has 0 spiro atoms. The molecule has 0 aliphatic carbocycles. The van der Waals surface area contributed by atoms with Gasteiger partial charge in [0.05, 0.1) is 19.1 Å². The van der Waals surface area contributed by atoms with Crippen LogP contribution in [0.5, 0.6) is 5.75 Å². The van der Waals surface area contributed by atoms with Crippen LogP contribution in [0.25, 0.3) is 17.1 Å². The zero-order valence-corrected chi connectivity index (χ0v) is 22.1. The lowest BCUT2D eigenvalue weighted by Crippen LogP contribution is -2.20. The number of thioether (sulfide) groups is 1. The fraction of sp³-hybridized carbons (Fsp3) is 0.120. The molecule has 0 saturated heterocycles. The number of hydrogen-bond acceptors (Lipinski definition) is 6. The van der Waals surface area contributed by atoms with Crippen LogP contribution < -0.4 is 10.2 Å². The molecule has 4 aromatic rings. The lowest BCUT2D eigenvalue weighted by Gasteiger charge is -2.11. The monoisotopic (exact) mass is 569 g/mol. The summed E-state index contributed by atoms with van der Waals surface area (Å²) in [5.74, 6) is 1.15. The highest BCUT2D eigenvalue weighted by atomic mass is 79.9. The van der Waals surface area contributed by atoms with Gasteiger partial charge in [-0.1, -0.05) is 57.0 Å². The first-order valence-corrected chi connectivity index (χ1v) is 12.7. The molecular formula is C25H21BrClN5O2S. The number of methoxy groups -OCH3 is 1. The number of benzene rings is 3. The third-order valence-electron chi connectivity index (χ3n) is 4.94. The van der Waals surface area contributed by atoms with E-state index in [1.807, 2.05) is 78.2 Å². The van der Waals surface area contributed by atoms with Crippen molar-refractivity contribution in [2.75, 3.05) is 12.9 Å². The van der Waals surface area contributed by atoms with Gasteiger partial charge in [0.1, 0.15) is 5.75 Å². The molecule has 1 heterocycles. The molecule has 0 saturated carbocycles. The summed E-state index contributed by atoms with van der Waals surface area (Å²) in [6, 6.07) is 21.0. The van der Waals surface area contributed by atoms with E-state index in [0.29, 0.717) is 21.8 Å². The summed E-state index contributed by atoms with van der Waals surface area (Å²) in [5.41, 5.74) is 6.19. The second-order valence-electron chi connectivity index (χ2n) is 7.45. The van der Waals surface area contributed by atoms with Gasteiger partial charge in [-0.15, -0.1) is 10.2 Å². The summed E-state index contributed by atoms with van der Waals surface area (Å²) in [6.07, 6.45) is 1.54. The first kappa shape index (κ1) is 25.0. The van der Waals surface area contributed by atoms with E-state index in [1.54, 1.807) is 13.3 Å². The van der Waals surface area contributed by atoms with Crippen LogP contribution >= 0.6 is 39.3 Å². The van der Waals surface area contributed by atoms with E-state index < -0.39 is 0 Å². The van der Waals surface area contributed by atoms with Crippen molar-refractivity contribution in [1.29, 1.82) is 0 Å². The first-order valence-electron chi connectivity index (χ1n) is 10.5. The van der Waals surface area contributed by atoms with Gasteiger partial charge in [0.2, 0.25) is 0 Å². The molecular weight excluding hydrogens is 550 g/mol. The molecule has 0 aliphatic heterocycles. The van der Waals surface area contributed by atoms with Gasteiger partial charge in [0.25, 0.3) is 5.91 Å². The maximum Gasteiger partial charge on any atom is 0.250 e. The van der Waals surface area contributed by atoms with Crippen molar-refractivity contribution in [2.24, 2.45) is 5.10 Å². The van der Waals surface area contributed by atoms with Crippen LogP contribution in [-0.4, -0.2) is 39.7 Å². The van der Waals surface area contributed by atoms with Gasteiger partial charge in [-0.3, -0.25) is 9.36 Å². The quantitative estimate of drug-likeness (QED) is 0.162. The summed E-state index contributed by atoms with van der Waals surface area (Å²) >= 11 is 10.8. The van der Waals surface area contributed by atoms with Crippen molar-refractivity contribution in [1.82, 2.24) is 20.2 Å². The number of hydrogen-bond donors (Lipinski definition) is 1. The number of halogens is 2. The van der Waals surface area contributed by atoms with Gasteiger partial charge in [-0.25, -0.2) is 5.43 Å². The Morgan fingerprint density at radius 2 is 1.89 bits per heavy atom. The standard InChI is InChI=1S/C25H21BrClN5O2S/c1-16-3-10-21(11-4-16)32-24(17-5-8-20(27)9-6-17)30-31-25(32)35-15-23(33)29-28-14-18-13-19(26)7-12-22(18)34-2/h3-14H,15H2,1-2H3,(H,29,33)/b28-14+. The summed E-state index contributed by atoms with van der Waals surface area (Å²) < 4.78 is 8.13. The Hall–Kier alpha value is -3.14. The van der Waals surface area contributed by atoms with Gasteiger partial charge in [0, 0.05) is 26.3 Å². The van der Waals surface area contributed by atoms with Gasteiger partial charge in [-0.2, -0.15) is 5.10 Å². The number of carbonyl (C=O) groups excluding carboxylic acids is 1. The van der Waals surface area contributed by atoms with E-state index in [9.17, 15) is 4.79 Å². The average molecular weight is 571 g/mol. The van der Waals surface area contributed by atoms with Crippen molar-refractivity contribution in [2.45, 2.75) is 12.1 Å². The number of amides is 1. The van der Waals surface area contributed by atoms with Crippen molar-refractivity contribution in [3.05, 3.63) is 87.4 Å². The number of nitrogens with zero attached hydrogens (tertiary/aromatic N) is 4. The number of hydrazone groups is 1. The van der Waals surface area contributed by atoms with Crippen LogP contribution in [0.1, 0.15) is 11.1 Å². The summed E-state index contributed by atoms with van der Waals surface area (Å²) in [6.45, 7) is 2.03. The van der Waals surface area contributed by atoms with Gasteiger partial charge < -0.3 is 4.74 Å². The van der Waals surface area contributed by atoms with E-state index in [4.69, 9.17) is 16.3 Å². The van der Waals surface area contributed by atoms with Gasteiger partial charge in [0.15, 0.2) is 11.0 Å². The zero-order valence-electron chi connectivity index (χ0n) is 18.9. The maximum atomic E-state index is 12.5. The lowest BCUT2D eigenvalue weighted by molar-refractivity contribution is -0.118. The minimum atomic E-state index is -0.272. The number of aromatic nitrogens is 3. The minimum Gasteiger partial charge on any atom is -0.496 e. The Kier molecular flexibility index (Phi) is 8.22. The Morgan fingerprint density at radius 3 is 2.60 bits per heavy atom. The number of carbonyl (C=O) groups is 1. The molecule has 3 aromatic carbocycles. The van der Waals surface area contributed by atoms with Crippen LogP contribution in [0.3, 0.4) is 0 Å². The van der Waals surface area contributed by atoms with E-state index >= 15 is 0 Å². The SMILES string of the molecule is COc1ccc(Br)cc1/C=N/NC(=O)CSc1nnc(-c2ccc(Cl)cc2)n1-c1ccc(C)cc1. The van der Waals surface area contributed by atoms with E-state index in [0.717, 1.165) is 26.9 Å². The highest BCUT2D eigenvalue weighted by molar-refractivity contribution is 9.10. The molecule has 7 nitrogen and oxygen atoms in total. The minimum absolute atomic E-state index is 0.109. The molecule has 178 valence electrons. The fourth-order valence-electron chi connectivity index (χ4n) is 3.22. The van der Waals surface area contributed by atoms with Crippen LogP contribution in [-0.2, 0) is 4.79 Å². The van der Waals surface area contributed by atoms with Gasteiger partial charge in [-0.05, 0) is 61.5 Å². The summed E-state index contributed by atoms with van der Waals surface area (Å²) in [5, 5.41) is 14.0. The Balaban J connectivity index is 1.51. The van der Waals surface area contributed by atoms with E-state index in [2.05, 4.69) is 36.7 Å². The molecule has 0 bridgehead atoms. The van der Waals surface area contributed by atoms with E-state index in [-0.39, 0.29) is 11.7 Å². The average Bonchev–Trinajstić information content (AvgIpc) is 3.28. The van der Waals surface area contributed by atoms with Crippen LogP contribution in [0.15, 0.2) is 81.5 Å². The number of nitrogens with one attached hydrogen (secondary N) is 1. The smallest absolute Gasteiger partial charge is 0.250 e. The number of ether oxygens (including phenoxy) is 1. The van der Waals surface area contributed by atoms with Gasteiger partial charge >= 0.3 is 0 Å². The Morgan fingerprint density at radius 1 is 1.14 bits per heavy atom. The number of rotatable bonds is 8. The second-order valence-corrected chi connectivity index (χ2v) is 9.75.